The first-order valence-corrected chi connectivity index (χ1v) is 11.2. The van der Waals surface area contributed by atoms with E-state index < -0.39 is 11.6 Å². The van der Waals surface area contributed by atoms with Gasteiger partial charge in [-0.1, -0.05) is 22.6 Å². The van der Waals surface area contributed by atoms with E-state index in [0.717, 1.165) is 12.1 Å². The molecule has 1 aliphatic rings. The number of rotatable bonds is 2. The summed E-state index contributed by atoms with van der Waals surface area (Å²) < 4.78 is 29.3. The number of benzene rings is 1. The lowest BCUT2D eigenvalue weighted by molar-refractivity contribution is 0.0683. The number of fused-ring (bicyclic) bond motifs is 3. The van der Waals surface area contributed by atoms with Gasteiger partial charge in [0.15, 0.2) is 17.3 Å². The number of nitrogens with zero attached hydrogens (tertiary/aromatic N) is 7. The second kappa shape index (κ2) is 8.14. The van der Waals surface area contributed by atoms with Crippen LogP contribution in [0.25, 0.3) is 16.6 Å². The van der Waals surface area contributed by atoms with Crippen molar-refractivity contribution in [2.75, 3.05) is 12.3 Å². The molecule has 1 amide bonds. The Labute approximate surface area is 199 Å². The maximum atomic E-state index is 14.2. The highest BCUT2D eigenvalue weighted by molar-refractivity contribution is 14.1. The van der Waals surface area contributed by atoms with Gasteiger partial charge >= 0.3 is 0 Å². The molecule has 2 atom stereocenters. The van der Waals surface area contributed by atoms with E-state index in [0.29, 0.717) is 30.8 Å². The van der Waals surface area contributed by atoms with Crippen LogP contribution < -0.4 is 5.73 Å². The molecule has 1 aliphatic heterocycles. The number of nitrogen functional groups attached to an aromatic ring is 1. The van der Waals surface area contributed by atoms with Gasteiger partial charge in [0.1, 0.15) is 23.1 Å². The first-order valence-electron chi connectivity index (χ1n) is 9.98. The van der Waals surface area contributed by atoms with E-state index in [9.17, 15) is 13.6 Å². The lowest BCUT2D eigenvalue weighted by Gasteiger charge is -2.35. The van der Waals surface area contributed by atoms with Gasteiger partial charge in [-0.05, 0) is 31.0 Å². The number of carbonyl (C=O) groups excluding carboxylic acids is 1. The largest absolute Gasteiger partial charge is 0.368 e. The van der Waals surface area contributed by atoms with Gasteiger partial charge in [0, 0.05) is 24.7 Å². The third-order valence-electron chi connectivity index (χ3n) is 5.58. The van der Waals surface area contributed by atoms with E-state index in [2.05, 4.69) is 42.6 Å². The number of carbonyl (C=O) groups is 1. The van der Waals surface area contributed by atoms with Crippen molar-refractivity contribution in [2.24, 2.45) is 0 Å². The summed E-state index contributed by atoms with van der Waals surface area (Å²) in [5.74, 6) is -1.72. The van der Waals surface area contributed by atoms with Crippen molar-refractivity contribution in [3.05, 3.63) is 59.2 Å². The first-order chi connectivity index (χ1) is 15.9. The van der Waals surface area contributed by atoms with Crippen LogP contribution in [0.4, 0.5) is 14.7 Å². The van der Waals surface area contributed by atoms with Gasteiger partial charge in [-0.15, -0.1) is 5.10 Å². The van der Waals surface area contributed by atoms with Gasteiger partial charge in [-0.25, -0.2) is 23.7 Å². The van der Waals surface area contributed by atoms with Gasteiger partial charge in [0.05, 0.1) is 15.0 Å². The molecule has 0 saturated carbocycles. The average molecular weight is 560 g/mol. The van der Waals surface area contributed by atoms with Crippen LogP contribution in [0.3, 0.4) is 0 Å². The zero-order chi connectivity index (χ0) is 23.3. The van der Waals surface area contributed by atoms with Crippen molar-refractivity contribution in [1.82, 2.24) is 29.5 Å². The zero-order valence-electron chi connectivity index (χ0n) is 16.9. The van der Waals surface area contributed by atoms with E-state index in [1.165, 1.54) is 16.8 Å². The molecular weight excluding hydrogens is 545 g/mol. The number of aromatic nitrogens is 5. The second-order valence-corrected chi connectivity index (χ2v) is 9.11. The molecule has 0 spiro atoms. The fourth-order valence-corrected chi connectivity index (χ4v) is 4.78. The van der Waals surface area contributed by atoms with E-state index in [4.69, 9.17) is 11.0 Å². The Morgan fingerprint density at radius 2 is 2.06 bits per heavy atom. The minimum absolute atomic E-state index is 0.0587. The van der Waals surface area contributed by atoms with E-state index >= 15 is 0 Å². The number of piperidine rings is 1. The number of amides is 1. The molecule has 0 radical (unpaired) electrons. The van der Waals surface area contributed by atoms with Crippen LogP contribution in [0.1, 0.15) is 40.6 Å². The summed E-state index contributed by atoms with van der Waals surface area (Å²) in [4.78, 5) is 27.4. The maximum absolute atomic E-state index is 14.2. The Kier molecular flexibility index (Phi) is 5.28. The number of nitriles is 1. The molecule has 3 aromatic heterocycles. The highest BCUT2D eigenvalue weighted by Gasteiger charge is 2.34. The van der Waals surface area contributed by atoms with Crippen LogP contribution in [-0.2, 0) is 0 Å². The number of nitrogens with two attached hydrogens (primary N) is 1. The molecule has 4 aromatic rings. The number of hydrogen-bond acceptors (Lipinski definition) is 7. The quantitative estimate of drug-likeness (QED) is 0.227. The molecule has 1 saturated heterocycles. The van der Waals surface area contributed by atoms with Gasteiger partial charge < -0.3 is 10.6 Å². The van der Waals surface area contributed by atoms with Crippen molar-refractivity contribution in [1.29, 1.82) is 5.26 Å². The van der Waals surface area contributed by atoms with Crippen molar-refractivity contribution in [3.63, 3.8) is 0 Å². The zero-order valence-corrected chi connectivity index (χ0v) is 19.1. The minimum atomic E-state index is -0.833. The fourth-order valence-electron chi connectivity index (χ4n) is 3.94. The van der Waals surface area contributed by atoms with Gasteiger partial charge in [0.2, 0.25) is 5.95 Å². The Hall–Kier alpha value is -3.47. The molecule has 2 N–H and O–H groups in total. The number of anilines is 1. The molecule has 0 aliphatic carbocycles. The monoisotopic (exact) mass is 560 g/mol. The molecule has 12 heteroatoms. The van der Waals surface area contributed by atoms with Gasteiger partial charge in [-0.2, -0.15) is 9.78 Å². The third kappa shape index (κ3) is 3.71. The highest BCUT2D eigenvalue weighted by Crippen LogP contribution is 2.33. The smallest absolute Gasteiger partial charge is 0.273 e. The summed E-state index contributed by atoms with van der Waals surface area (Å²) in [6.07, 6.45) is 2.77. The molecule has 5 rings (SSSR count). The summed E-state index contributed by atoms with van der Waals surface area (Å²) in [6.45, 7) is 0.332. The van der Waals surface area contributed by atoms with Crippen LogP contribution in [-0.4, -0.2) is 46.0 Å². The van der Waals surface area contributed by atoms with E-state index in [1.807, 2.05) is 6.07 Å². The molecule has 33 heavy (non-hydrogen) atoms. The fraction of sp³-hybridized carbons (Fsp3) is 0.238. The lowest BCUT2D eigenvalue weighted by atomic mass is 9.97. The Bertz CT molecular complexity index is 1450. The van der Waals surface area contributed by atoms with Gasteiger partial charge in [-0.3, -0.25) is 4.79 Å². The molecule has 4 heterocycles. The van der Waals surface area contributed by atoms with Crippen LogP contribution >= 0.6 is 22.6 Å². The summed E-state index contributed by atoms with van der Waals surface area (Å²) in [7, 11) is 0. The number of hydrogen-bond donors (Lipinski definition) is 1. The third-order valence-corrected chi connectivity index (χ3v) is 6.88. The predicted octanol–water partition coefficient (Wildman–Crippen LogP) is 3.19. The molecule has 1 fully saturated rings. The lowest BCUT2D eigenvalue weighted by Crippen LogP contribution is -2.43. The molecule has 9 nitrogen and oxygen atoms in total. The summed E-state index contributed by atoms with van der Waals surface area (Å²) >= 11 is 2.21. The summed E-state index contributed by atoms with van der Waals surface area (Å²) in [5.41, 5.74) is 6.69. The van der Waals surface area contributed by atoms with Crippen molar-refractivity contribution in [3.8, 4) is 6.07 Å². The molecule has 1 aromatic carbocycles. The summed E-state index contributed by atoms with van der Waals surface area (Å²) in [6, 6.07) is 6.94. The van der Waals surface area contributed by atoms with Crippen molar-refractivity contribution in [2.45, 2.75) is 22.8 Å². The van der Waals surface area contributed by atoms with Crippen LogP contribution in [0.5, 0.6) is 0 Å². The number of pyridine rings is 1. The molecule has 166 valence electrons. The van der Waals surface area contributed by atoms with Crippen molar-refractivity contribution < 1.29 is 13.6 Å². The van der Waals surface area contributed by atoms with Crippen LogP contribution in [0.15, 0.2) is 30.5 Å². The minimum Gasteiger partial charge on any atom is -0.368 e. The summed E-state index contributed by atoms with van der Waals surface area (Å²) in [5, 5.41) is 13.5. The Morgan fingerprint density at radius 3 is 2.79 bits per heavy atom. The predicted molar refractivity (Wildman–Crippen MR) is 122 cm³/mol. The standard InChI is InChI=1S/C21H15F2IN8O/c22-12-5-13-17(14(23)6-12)28-21(26)32-19(13)29-18(30-32)11-2-4-16(24)31(9-11)20(33)15-3-1-10(7-25)8-27-15/h1,3,5-6,8,11,16H,2,4,9H2,(H2,26,28)/t11-,16-/m1/s1. The average Bonchev–Trinajstić information content (AvgIpc) is 3.26. The molecular formula is C21H15F2IN8O. The Balaban J connectivity index is 1.50. The Morgan fingerprint density at radius 1 is 1.24 bits per heavy atom. The second-order valence-electron chi connectivity index (χ2n) is 7.67. The normalized spacial score (nSPS) is 18.5. The van der Waals surface area contributed by atoms with Crippen LogP contribution in [0, 0.1) is 23.0 Å². The number of alkyl halides is 1. The maximum Gasteiger partial charge on any atom is 0.273 e. The van der Waals surface area contributed by atoms with E-state index in [1.54, 1.807) is 11.0 Å². The number of halogens is 3. The topological polar surface area (TPSA) is 126 Å². The van der Waals surface area contributed by atoms with Crippen molar-refractivity contribution >= 4 is 51.0 Å². The molecule has 0 unspecified atom stereocenters. The number of likely N-dealkylation sites (tertiary alicyclic amines) is 1. The highest BCUT2D eigenvalue weighted by atomic mass is 127. The van der Waals surface area contributed by atoms with E-state index in [-0.39, 0.29) is 44.1 Å². The van der Waals surface area contributed by atoms with Crippen LogP contribution in [0.2, 0.25) is 0 Å². The molecule has 0 bridgehead atoms. The SMILES string of the molecule is N#Cc1ccc(C(=O)N2C[C@H](c3nc4c5cc(F)cc(F)c5nc(N)n4n3)CC[C@@H]2I)nc1. The first kappa shape index (κ1) is 21.4. The van der Waals surface area contributed by atoms with Gasteiger partial charge in [0.25, 0.3) is 5.91 Å².